The average molecular weight is 331 g/mol. The van der Waals surface area contributed by atoms with Crippen molar-refractivity contribution in [3.8, 4) is 11.4 Å². The largest absolute Gasteiger partial charge is 0.307 e. The maximum absolute atomic E-state index is 14.1. The molecule has 0 atom stereocenters. The van der Waals surface area contributed by atoms with Crippen molar-refractivity contribution in [2.24, 2.45) is 0 Å². The number of aromatic nitrogens is 3. The number of nitrogens with zero attached hydrogens (tertiary/aromatic N) is 3. The quantitative estimate of drug-likeness (QED) is 0.799. The number of alkyl halides is 1. The van der Waals surface area contributed by atoms with Crippen LogP contribution in [0.5, 0.6) is 0 Å². The molecule has 0 saturated heterocycles. The van der Waals surface area contributed by atoms with Crippen LogP contribution in [0.25, 0.3) is 11.4 Å². The molecule has 0 unspecified atom stereocenters. The first kappa shape index (κ1) is 12.1. The molecule has 0 amide bonds. The molecule has 1 aromatic carbocycles. The van der Waals surface area contributed by atoms with Crippen LogP contribution in [-0.4, -0.2) is 14.8 Å². The van der Waals surface area contributed by atoms with Crippen molar-refractivity contribution in [1.82, 2.24) is 14.8 Å². The van der Waals surface area contributed by atoms with Crippen molar-refractivity contribution in [3.63, 3.8) is 0 Å². The second-order valence-electron chi connectivity index (χ2n) is 4.28. The summed E-state index contributed by atoms with van der Waals surface area (Å²) in [5.74, 6) is 1.24. The maximum Gasteiger partial charge on any atom is 0.167 e. The molecule has 94 valence electrons. The minimum absolute atomic E-state index is 0.291. The molecule has 1 aliphatic carbocycles. The van der Waals surface area contributed by atoms with Gasteiger partial charge < -0.3 is 4.57 Å². The summed E-state index contributed by atoms with van der Waals surface area (Å²) in [4.78, 5) is 0. The minimum atomic E-state index is -0.312. The lowest BCUT2D eigenvalue weighted by Gasteiger charge is -2.08. The first-order valence-corrected chi connectivity index (χ1v) is 6.99. The van der Waals surface area contributed by atoms with E-state index >= 15 is 0 Å². The van der Waals surface area contributed by atoms with Crippen LogP contribution in [0.4, 0.5) is 4.39 Å². The fourth-order valence-electron chi connectivity index (χ4n) is 1.99. The normalized spacial score (nSPS) is 15.1. The highest BCUT2D eigenvalue weighted by Gasteiger charge is 2.30. The van der Waals surface area contributed by atoms with Crippen molar-refractivity contribution in [1.29, 1.82) is 0 Å². The number of hydrogen-bond acceptors (Lipinski definition) is 2. The van der Waals surface area contributed by atoms with E-state index in [4.69, 9.17) is 11.6 Å². The maximum atomic E-state index is 14.1. The van der Waals surface area contributed by atoms with Gasteiger partial charge in [0.2, 0.25) is 0 Å². The third kappa shape index (κ3) is 1.95. The van der Waals surface area contributed by atoms with Crippen LogP contribution in [0, 0.1) is 5.82 Å². The molecule has 3 nitrogen and oxygen atoms in total. The van der Waals surface area contributed by atoms with Crippen LogP contribution in [0.2, 0.25) is 0 Å². The predicted octanol–water partition coefficient (Wildman–Crippen LogP) is 3.92. The molecule has 6 heteroatoms. The molecule has 0 radical (unpaired) electrons. The zero-order chi connectivity index (χ0) is 12.7. The molecule has 0 aliphatic heterocycles. The lowest BCUT2D eigenvalue weighted by atomic mass is 10.2. The summed E-state index contributed by atoms with van der Waals surface area (Å²) in [7, 11) is 0. The van der Waals surface area contributed by atoms with Crippen LogP contribution < -0.4 is 0 Å². The van der Waals surface area contributed by atoms with E-state index in [0.29, 0.717) is 33.6 Å². The van der Waals surface area contributed by atoms with Gasteiger partial charge in [0.25, 0.3) is 0 Å². The Hall–Kier alpha value is -0.940. The summed E-state index contributed by atoms with van der Waals surface area (Å²) in [6.07, 6.45) is 2.15. The van der Waals surface area contributed by atoms with Gasteiger partial charge in [0.05, 0.1) is 15.9 Å². The molecule has 1 saturated carbocycles. The van der Waals surface area contributed by atoms with Crippen molar-refractivity contribution in [2.75, 3.05) is 0 Å². The molecular formula is C12H10BrClFN3. The molecule has 1 fully saturated rings. The Morgan fingerprint density at radius 3 is 2.83 bits per heavy atom. The minimum Gasteiger partial charge on any atom is -0.307 e. The fraction of sp³-hybridized carbons (Fsp3) is 0.333. The standard InChI is InChI=1S/C12H10BrClFN3/c13-9-3-1-2-8(11(9)15)12-17-16-10(6-14)18(12)7-4-5-7/h1-3,7H,4-6H2. The molecule has 1 aromatic heterocycles. The first-order chi connectivity index (χ1) is 8.72. The van der Waals surface area contributed by atoms with E-state index in [1.54, 1.807) is 18.2 Å². The van der Waals surface area contributed by atoms with E-state index in [-0.39, 0.29) is 5.82 Å². The average Bonchev–Trinajstić information content (AvgIpc) is 3.12. The van der Waals surface area contributed by atoms with E-state index in [1.807, 2.05) is 4.57 Å². The third-order valence-electron chi connectivity index (χ3n) is 2.99. The fourth-order valence-corrected chi connectivity index (χ4v) is 2.54. The van der Waals surface area contributed by atoms with E-state index in [1.165, 1.54) is 0 Å². The Balaban J connectivity index is 2.17. The molecule has 0 spiro atoms. The van der Waals surface area contributed by atoms with Crippen molar-refractivity contribution >= 4 is 27.5 Å². The van der Waals surface area contributed by atoms with Gasteiger partial charge in [-0.1, -0.05) is 6.07 Å². The number of hydrogen-bond donors (Lipinski definition) is 0. The summed E-state index contributed by atoms with van der Waals surface area (Å²) >= 11 is 9.04. The van der Waals surface area contributed by atoms with Gasteiger partial charge in [-0.15, -0.1) is 21.8 Å². The smallest absolute Gasteiger partial charge is 0.167 e. The van der Waals surface area contributed by atoms with Crippen LogP contribution in [0.1, 0.15) is 24.7 Å². The van der Waals surface area contributed by atoms with Crippen LogP contribution in [-0.2, 0) is 5.88 Å². The van der Waals surface area contributed by atoms with Crippen molar-refractivity contribution < 1.29 is 4.39 Å². The van der Waals surface area contributed by atoms with Gasteiger partial charge in [-0.05, 0) is 40.9 Å². The molecule has 3 rings (SSSR count). The molecule has 1 aliphatic rings. The van der Waals surface area contributed by atoms with Crippen LogP contribution >= 0.6 is 27.5 Å². The summed E-state index contributed by atoms with van der Waals surface area (Å²) in [6, 6.07) is 5.52. The topological polar surface area (TPSA) is 30.7 Å². The van der Waals surface area contributed by atoms with E-state index in [9.17, 15) is 4.39 Å². The van der Waals surface area contributed by atoms with E-state index < -0.39 is 0 Å². The molecular weight excluding hydrogens is 321 g/mol. The monoisotopic (exact) mass is 329 g/mol. The molecule has 0 bridgehead atoms. The zero-order valence-corrected chi connectivity index (χ0v) is 11.7. The highest BCUT2D eigenvalue weighted by atomic mass is 79.9. The Bertz CT molecular complexity index is 595. The summed E-state index contributed by atoms with van der Waals surface area (Å²) in [5, 5.41) is 8.13. The number of halogens is 3. The highest BCUT2D eigenvalue weighted by molar-refractivity contribution is 9.10. The SMILES string of the molecule is Fc1c(Br)cccc1-c1nnc(CCl)n1C1CC1. The van der Waals surface area contributed by atoms with Crippen molar-refractivity contribution in [3.05, 3.63) is 34.3 Å². The van der Waals surface area contributed by atoms with Gasteiger partial charge in [0.1, 0.15) is 11.6 Å². The Morgan fingerprint density at radius 2 is 2.17 bits per heavy atom. The van der Waals surface area contributed by atoms with Gasteiger partial charge in [-0.25, -0.2) is 4.39 Å². The molecule has 2 aromatic rings. The lowest BCUT2D eigenvalue weighted by Crippen LogP contribution is -2.03. The van der Waals surface area contributed by atoms with Crippen LogP contribution in [0.3, 0.4) is 0 Å². The van der Waals surface area contributed by atoms with Gasteiger partial charge >= 0.3 is 0 Å². The van der Waals surface area contributed by atoms with Crippen molar-refractivity contribution in [2.45, 2.75) is 24.8 Å². The first-order valence-electron chi connectivity index (χ1n) is 5.66. The highest BCUT2D eigenvalue weighted by Crippen LogP contribution is 2.40. The number of rotatable bonds is 3. The second kappa shape index (κ2) is 4.63. The van der Waals surface area contributed by atoms with Gasteiger partial charge in [0, 0.05) is 6.04 Å². The Kier molecular flexibility index (Phi) is 3.11. The zero-order valence-electron chi connectivity index (χ0n) is 9.41. The summed E-state index contributed by atoms with van der Waals surface area (Å²) in [6.45, 7) is 0. The molecule has 0 N–H and O–H groups in total. The predicted molar refractivity (Wildman–Crippen MR) is 70.9 cm³/mol. The lowest BCUT2D eigenvalue weighted by molar-refractivity contribution is 0.619. The molecule has 18 heavy (non-hydrogen) atoms. The Labute approximate surface area is 117 Å². The van der Waals surface area contributed by atoms with Crippen LogP contribution in [0.15, 0.2) is 22.7 Å². The van der Waals surface area contributed by atoms with E-state index in [0.717, 1.165) is 12.8 Å². The Morgan fingerprint density at radius 1 is 1.39 bits per heavy atom. The van der Waals surface area contributed by atoms with E-state index in [2.05, 4.69) is 26.1 Å². The number of benzene rings is 1. The van der Waals surface area contributed by atoms with Gasteiger partial charge in [0.15, 0.2) is 5.82 Å². The second-order valence-corrected chi connectivity index (χ2v) is 5.40. The summed E-state index contributed by atoms with van der Waals surface area (Å²) < 4.78 is 16.5. The third-order valence-corrected chi connectivity index (χ3v) is 3.84. The van der Waals surface area contributed by atoms with Gasteiger partial charge in [-0.3, -0.25) is 0 Å². The van der Waals surface area contributed by atoms with Gasteiger partial charge in [-0.2, -0.15) is 0 Å². The molecule has 1 heterocycles. The summed E-state index contributed by atoms with van der Waals surface area (Å²) in [5.41, 5.74) is 0.458.